The third-order valence-electron chi connectivity index (χ3n) is 5.35. The molecule has 0 fully saturated rings. The standard InChI is InChI=1S/C26H18I3OS/c1-16(17-14-22(27)26(29)23(28)15-17)30-18-10-12-19(13-11-18)31-24-8-4-2-6-20(24)21-7-3-5-9-25(21)31/h2-16H,1H3/q+1. The lowest BCUT2D eigenvalue weighted by atomic mass is 10.1. The quantitative estimate of drug-likeness (QED) is 0.101. The van der Waals surface area contributed by atoms with Crippen molar-refractivity contribution in [1.29, 1.82) is 0 Å². The molecule has 1 heterocycles. The molecule has 5 heteroatoms. The number of hydrogen-bond acceptors (Lipinski definition) is 1. The minimum atomic E-state index is -0.0647. The zero-order chi connectivity index (χ0) is 21.5. The highest BCUT2D eigenvalue weighted by Gasteiger charge is 2.23. The van der Waals surface area contributed by atoms with Gasteiger partial charge in [0.05, 0.1) is 0 Å². The molecule has 0 radical (unpaired) electrons. The molecule has 4 aromatic carbocycles. The summed E-state index contributed by atoms with van der Waals surface area (Å²) < 4.78 is 13.0. The molecular weight excluding hydrogens is 741 g/mol. The van der Waals surface area contributed by atoms with Gasteiger partial charge in [0, 0.05) is 44.1 Å². The van der Waals surface area contributed by atoms with Crippen LogP contribution in [0.2, 0.25) is 0 Å². The van der Waals surface area contributed by atoms with Gasteiger partial charge in [0.25, 0.3) is 0 Å². The lowest BCUT2D eigenvalue weighted by molar-refractivity contribution is 0.227. The lowest BCUT2D eigenvalue weighted by Crippen LogP contribution is -2.04. The van der Waals surface area contributed by atoms with Crippen LogP contribution in [0.3, 0.4) is 0 Å². The highest BCUT2D eigenvalue weighted by Crippen LogP contribution is 2.48. The van der Waals surface area contributed by atoms with Gasteiger partial charge in [-0.2, -0.15) is 0 Å². The number of thiophene rings is 1. The Morgan fingerprint density at radius 3 is 1.77 bits per heavy atom. The van der Waals surface area contributed by atoms with Crippen molar-refractivity contribution in [3.05, 3.63) is 101 Å². The summed E-state index contributed by atoms with van der Waals surface area (Å²) in [4.78, 5) is 1.33. The van der Waals surface area contributed by atoms with E-state index in [-0.39, 0.29) is 16.6 Å². The van der Waals surface area contributed by atoms with E-state index in [9.17, 15) is 0 Å². The number of ether oxygens (including phenoxy) is 1. The second kappa shape index (κ2) is 9.15. The number of fused-ring (bicyclic) bond motifs is 3. The summed E-state index contributed by atoms with van der Waals surface area (Å²) in [6, 6.07) is 30.7. The largest absolute Gasteiger partial charge is 0.486 e. The maximum atomic E-state index is 6.30. The fourth-order valence-corrected chi connectivity index (χ4v) is 8.35. The van der Waals surface area contributed by atoms with Crippen LogP contribution in [0, 0.1) is 10.7 Å². The lowest BCUT2D eigenvalue weighted by Gasteiger charge is -2.16. The molecule has 0 aliphatic carbocycles. The van der Waals surface area contributed by atoms with Crippen LogP contribution in [0.25, 0.3) is 25.1 Å². The molecule has 0 spiro atoms. The van der Waals surface area contributed by atoms with Crippen molar-refractivity contribution in [2.75, 3.05) is 0 Å². The second-order valence-electron chi connectivity index (χ2n) is 7.33. The van der Waals surface area contributed by atoms with Crippen molar-refractivity contribution < 1.29 is 4.74 Å². The van der Waals surface area contributed by atoms with Crippen LogP contribution < -0.4 is 4.74 Å². The molecule has 1 nitrogen and oxygen atoms in total. The zero-order valence-electron chi connectivity index (χ0n) is 16.6. The van der Waals surface area contributed by atoms with E-state index in [1.807, 2.05) is 0 Å². The molecule has 1 atom stereocenters. The van der Waals surface area contributed by atoms with Crippen LogP contribution in [-0.4, -0.2) is 0 Å². The van der Waals surface area contributed by atoms with E-state index in [1.165, 1.54) is 41.3 Å². The first-order chi connectivity index (χ1) is 15.0. The Hall–Kier alpha value is -0.910. The molecule has 5 rings (SSSR count). The normalized spacial score (nSPS) is 12.4. The summed E-state index contributed by atoms with van der Waals surface area (Å²) in [5, 5.41) is 2.72. The topological polar surface area (TPSA) is 9.23 Å². The average molecular weight is 759 g/mol. The van der Waals surface area contributed by atoms with Gasteiger partial charge in [-0.25, -0.2) is 0 Å². The third kappa shape index (κ3) is 4.22. The van der Waals surface area contributed by atoms with E-state index in [2.05, 4.69) is 160 Å². The minimum Gasteiger partial charge on any atom is -0.486 e. The van der Waals surface area contributed by atoms with Crippen molar-refractivity contribution in [2.45, 2.75) is 13.0 Å². The van der Waals surface area contributed by atoms with Gasteiger partial charge in [0.1, 0.15) is 11.9 Å². The first-order valence-electron chi connectivity index (χ1n) is 9.87. The summed E-state index contributed by atoms with van der Waals surface area (Å²) in [6.45, 7) is 2.12. The van der Waals surface area contributed by atoms with Gasteiger partial charge < -0.3 is 4.74 Å². The Kier molecular flexibility index (Phi) is 6.47. The van der Waals surface area contributed by atoms with E-state index in [1.54, 1.807) is 0 Å². The molecule has 5 aromatic rings. The Morgan fingerprint density at radius 2 is 1.23 bits per heavy atom. The van der Waals surface area contributed by atoms with Crippen molar-refractivity contribution in [2.24, 2.45) is 0 Å². The zero-order valence-corrected chi connectivity index (χ0v) is 23.9. The minimum absolute atomic E-state index is 0.000244. The summed E-state index contributed by atoms with van der Waals surface area (Å²) in [6.07, 6.45) is 0.000244. The van der Waals surface area contributed by atoms with Crippen LogP contribution in [0.5, 0.6) is 5.75 Å². The molecule has 1 aromatic heterocycles. The van der Waals surface area contributed by atoms with Gasteiger partial charge >= 0.3 is 0 Å². The Balaban J connectivity index is 1.48. The third-order valence-corrected chi connectivity index (χ3v) is 12.6. The summed E-state index contributed by atoms with van der Waals surface area (Å²) in [5.74, 6) is 0.907. The van der Waals surface area contributed by atoms with E-state index in [0.29, 0.717) is 0 Å². The van der Waals surface area contributed by atoms with Crippen molar-refractivity contribution in [1.82, 2.24) is 0 Å². The molecule has 154 valence electrons. The maximum Gasteiger partial charge on any atom is 0.187 e. The molecule has 0 N–H and O–H groups in total. The summed E-state index contributed by atoms with van der Waals surface area (Å²) in [7, 11) is -0.0647. The van der Waals surface area contributed by atoms with Crippen LogP contribution in [-0.2, 0) is 0 Å². The molecule has 0 amide bonds. The van der Waals surface area contributed by atoms with Crippen molar-refractivity contribution in [3.8, 4) is 10.6 Å². The van der Waals surface area contributed by atoms with Gasteiger partial charge in [-0.15, -0.1) is 0 Å². The molecular formula is C26H18I3OS+. The first kappa shape index (κ1) is 21.9. The maximum absolute atomic E-state index is 6.30. The number of hydrogen-bond donors (Lipinski definition) is 0. The molecule has 0 aliphatic heterocycles. The smallest absolute Gasteiger partial charge is 0.187 e. The molecule has 0 aliphatic rings. The van der Waals surface area contributed by atoms with Crippen molar-refractivity contribution >= 4 is 98.4 Å². The predicted molar refractivity (Wildman–Crippen MR) is 159 cm³/mol. The summed E-state index contributed by atoms with van der Waals surface area (Å²) >= 11 is 7.20. The Labute approximate surface area is 225 Å². The molecule has 0 bridgehead atoms. The molecule has 1 unspecified atom stereocenters. The molecule has 31 heavy (non-hydrogen) atoms. The number of halogens is 3. The average Bonchev–Trinajstić information content (AvgIpc) is 3.12. The Morgan fingerprint density at radius 1 is 0.710 bits per heavy atom. The van der Waals surface area contributed by atoms with Gasteiger partial charge in [0.15, 0.2) is 14.3 Å². The van der Waals surface area contributed by atoms with E-state index >= 15 is 0 Å². The highest BCUT2D eigenvalue weighted by molar-refractivity contribution is 14.1. The second-order valence-corrected chi connectivity index (χ2v) is 12.7. The first-order valence-corrected chi connectivity index (χ1v) is 14.3. The van der Waals surface area contributed by atoms with Crippen molar-refractivity contribution in [3.63, 3.8) is 0 Å². The predicted octanol–water partition coefficient (Wildman–Crippen LogP) is 9.69. The van der Waals surface area contributed by atoms with Crippen LogP contribution in [0.4, 0.5) is 0 Å². The molecule has 0 saturated heterocycles. The summed E-state index contributed by atoms with van der Waals surface area (Å²) in [5.41, 5.74) is 1.21. The SMILES string of the molecule is CC(Oc1ccc(-[s+]2c3ccccc3c3ccccc32)cc1)c1cc(I)c(I)c(I)c1. The van der Waals surface area contributed by atoms with E-state index in [0.717, 1.165) is 5.75 Å². The molecule has 0 saturated carbocycles. The van der Waals surface area contributed by atoms with Crippen LogP contribution in [0.1, 0.15) is 18.6 Å². The fourth-order valence-electron chi connectivity index (χ4n) is 3.84. The van der Waals surface area contributed by atoms with Gasteiger partial charge in [-0.05, 0) is 129 Å². The van der Waals surface area contributed by atoms with E-state index < -0.39 is 0 Å². The van der Waals surface area contributed by atoms with Crippen LogP contribution >= 0.6 is 78.2 Å². The van der Waals surface area contributed by atoms with Gasteiger partial charge in [0.2, 0.25) is 0 Å². The number of rotatable bonds is 4. The fraction of sp³-hybridized carbons (Fsp3) is 0.0769. The van der Waals surface area contributed by atoms with E-state index in [4.69, 9.17) is 4.74 Å². The highest BCUT2D eigenvalue weighted by atomic mass is 127. The number of benzene rings is 4. The van der Waals surface area contributed by atoms with Crippen LogP contribution in [0.15, 0.2) is 84.9 Å². The monoisotopic (exact) mass is 759 g/mol. The Bertz CT molecular complexity index is 1330. The van der Waals surface area contributed by atoms with Gasteiger partial charge in [-0.3, -0.25) is 0 Å². The van der Waals surface area contributed by atoms with Gasteiger partial charge in [-0.1, -0.05) is 24.3 Å².